The maximum absolute atomic E-state index is 13.5. The molecule has 0 bridgehead atoms. The monoisotopic (exact) mass is 219 g/mol. The van der Waals surface area contributed by atoms with Crippen LogP contribution < -0.4 is 4.74 Å². The summed E-state index contributed by atoms with van der Waals surface area (Å²) in [4.78, 5) is 13.6. The molecule has 0 amide bonds. The number of methoxy groups -OCH3 is 1. The molecule has 0 saturated carbocycles. The van der Waals surface area contributed by atoms with Crippen molar-refractivity contribution >= 4 is 6.29 Å². The van der Waals surface area contributed by atoms with E-state index in [1.807, 2.05) is 0 Å². The van der Waals surface area contributed by atoms with Gasteiger partial charge in [0.1, 0.15) is 5.82 Å². The summed E-state index contributed by atoms with van der Waals surface area (Å²) in [6.45, 7) is 0. The van der Waals surface area contributed by atoms with Crippen LogP contribution in [0.3, 0.4) is 0 Å². The Bertz CT molecular complexity index is 519. The molecule has 0 aliphatic heterocycles. The second kappa shape index (κ2) is 4.18. The Labute approximate surface area is 91.9 Å². The molecule has 3 nitrogen and oxygen atoms in total. The van der Waals surface area contributed by atoms with Crippen molar-refractivity contribution in [2.45, 2.75) is 0 Å². The Morgan fingerprint density at radius 3 is 2.75 bits per heavy atom. The standard InChI is InChI=1S/C12H10FNO2/c1-16-12-8(7-15)6-14-11(12)9-4-2-3-5-10(9)13/h2-7,14H,1H3. The number of ether oxygens (including phenoxy) is 1. The predicted molar refractivity (Wildman–Crippen MR) is 58.1 cm³/mol. The molecule has 2 aromatic rings. The van der Waals surface area contributed by atoms with Crippen LogP contribution >= 0.6 is 0 Å². The fourth-order valence-electron chi connectivity index (χ4n) is 1.60. The molecule has 4 heteroatoms. The van der Waals surface area contributed by atoms with Gasteiger partial charge < -0.3 is 9.72 Å². The van der Waals surface area contributed by atoms with Gasteiger partial charge in [-0.2, -0.15) is 0 Å². The van der Waals surface area contributed by atoms with Crippen molar-refractivity contribution in [1.29, 1.82) is 0 Å². The number of halogens is 1. The van der Waals surface area contributed by atoms with Crippen LogP contribution in [-0.4, -0.2) is 18.4 Å². The maximum Gasteiger partial charge on any atom is 0.155 e. The van der Waals surface area contributed by atoms with Gasteiger partial charge in [0.25, 0.3) is 0 Å². The van der Waals surface area contributed by atoms with Crippen LogP contribution in [-0.2, 0) is 0 Å². The number of hydrogen-bond donors (Lipinski definition) is 1. The van der Waals surface area contributed by atoms with Gasteiger partial charge in [-0.05, 0) is 12.1 Å². The third kappa shape index (κ3) is 1.58. The quantitative estimate of drug-likeness (QED) is 0.806. The van der Waals surface area contributed by atoms with Gasteiger partial charge in [-0.1, -0.05) is 12.1 Å². The Balaban J connectivity index is 2.60. The lowest BCUT2D eigenvalue weighted by atomic mass is 10.1. The number of carbonyl (C=O) groups excluding carboxylic acids is 1. The van der Waals surface area contributed by atoms with Crippen LogP contribution in [0.2, 0.25) is 0 Å². The van der Waals surface area contributed by atoms with Gasteiger partial charge in [0.2, 0.25) is 0 Å². The molecule has 0 spiro atoms. The van der Waals surface area contributed by atoms with Crippen molar-refractivity contribution in [3.05, 3.63) is 41.8 Å². The van der Waals surface area contributed by atoms with Gasteiger partial charge in [-0.15, -0.1) is 0 Å². The second-order valence-electron chi connectivity index (χ2n) is 3.25. The molecule has 16 heavy (non-hydrogen) atoms. The molecular weight excluding hydrogens is 209 g/mol. The fourth-order valence-corrected chi connectivity index (χ4v) is 1.60. The summed E-state index contributed by atoms with van der Waals surface area (Å²) in [7, 11) is 1.44. The third-order valence-electron chi connectivity index (χ3n) is 2.34. The van der Waals surface area contributed by atoms with E-state index in [-0.39, 0.29) is 5.82 Å². The molecule has 0 fully saturated rings. The van der Waals surface area contributed by atoms with Gasteiger partial charge in [-0.25, -0.2) is 4.39 Å². The molecular formula is C12H10FNO2. The number of nitrogens with one attached hydrogen (secondary N) is 1. The van der Waals surface area contributed by atoms with E-state index in [9.17, 15) is 9.18 Å². The van der Waals surface area contributed by atoms with Crippen molar-refractivity contribution in [3.63, 3.8) is 0 Å². The smallest absolute Gasteiger partial charge is 0.155 e. The summed E-state index contributed by atoms with van der Waals surface area (Å²) in [5.74, 6) is 0.000184. The topological polar surface area (TPSA) is 42.1 Å². The van der Waals surface area contributed by atoms with Crippen LogP contribution in [0.1, 0.15) is 10.4 Å². The molecule has 1 aromatic heterocycles. The molecule has 1 heterocycles. The summed E-state index contributed by atoms with van der Waals surface area (Å²) in [6, 6.07) is 6.31. The number of rotatable bonds is 3. The number of carbonyl (C=O) groups is 1. The summed E-state index contributed by atoms with van der Waals surface area (Å²) >= 11 is 0. The number of benzene rings is 1. The van der Waals surface area contributed by atoms with E-state index < -0.39 is 0 Å². The first-order valence-electron chi connectivity index (χ1n) is 4.73. The highest BCUT2D eigenvalue weighted by atomic mass is 19.1. The van der Waals surface area contributed by atoms with Gasteiger partial charge in [-0.3, -0.25) is 4.79 Å². The van der Waals surface area contributed by atoms with Crippen LogP contribution in [0, 0.1) is 5.82 Å². The first-order valence-corrected chi connectivity index (χ1v) is 4.73. The number of aromatic nitrogens is 1. The van der Waals surface area contributed by atoms with E-state index in [1.165, 1.54) is 19.4 Å². The lowest BCUT2D eigenvalue weighted by Crippen LogP contribution is -1.90. The first-order chi connectivity index (χ1) is 7.77. The molecule has 2 rings (SSSR count). The van der Waals surface area contributed by atoms with E-state index >= 15 is 0 Å². The minimum absolute atomic E-state index is 0.361. The zero-order valence-electron chi connectivity index (χ0n) is 8.66. The third-order valence-corrected chi connectivity index (χ3v) is 2.34. The average Bonchev–Trinajstić information content (AvgIpc) is 2.72. The lowest BCUT2D eigenvalue weighted by Gasteiger charge is -2.04. The molecule has 1 N–H and O–H groups in total. The fraction of sp³-hybridized carbons (Fsp3) is 0.0833. The zero-order valence-corrected chi connectivity index (χ0v) is 8.66. The summed E-state index contributed by atoms with van der Waals surface area (Å²) < 4.78 is 18.6. The predicted octanol–water partition coefficient (Wildman–Crippen LogP) is 2.64. The van der Waals surface area contributed by atoms with Crippen LogP contribution in [0.4, 0.5) is 4.39 Å². The summed E-state index contributed by atoms with van der Waals surface area (Å²) in [5, 5.41) is 0. The van der Waals surface area contributed by atoms with Gasteiger partial charge >= 0.3 is 0 Å². The van der Waals surface area contributed by atoms with Gasteiger partial charge in [0.05, 0.1) is 18.4 Å². The highest BCUT2D eigenvalue weighted by Gasteiger charge is 2.15. The van der Waals surface area contributed by atoms with Crippen LogP contribution in [0.5, 0.6) is 5.75 Å². The SMILES string of the molecule is COc1c(C=O)c[nH]c1-c1ccccc1F. The molecule has 1 aromatic carbocycles. The van der Waals surface area contributed by atoms with E-state index in [0.29, 0.717) is 28.9 Å². The van der Waals surface area contributed by atoms with E-state index in [4.69, 9.17) is 4.74 Å². The van der Waals surface area contributed by atoms with Gasteiger partial charge in [0.15, 0.2) is 12.0 Å². The lowest BCUT2D eigenvalue weighted by molar-refractivity contribution is 0.112. The molecule has 0 unspecified atom stereocenters. The summed E-state index contributed by atoms with van der Waals surface area (Å²) in [6.07, 6.45) is 2.16. The molecule has 82 valence electrons. The van der Waals surface area contributed by atoms with E-state index in [0.717, 1.165) is 0 Å². The normalized spacial score (nSPS) is 10.1. The number of hydrogen-bond acceptors (Lipinski definition) is 2. The Hall–Kier alpha value is -2.10. The Kier molecular flexibility index (Phi) is 2.72. The maximum atomic E-state index is 13.5. The molecule has 0 atom stereocenters. The molecule has 0 aliphatic carbocycles. The highest BCUT2D eigenvalue weighted by Crippen LogP contribution is 2.32. The first kappa shape index (κ1) is 10.4. The minimum atomic E-state index is -0.361. The van der Waals surface area contributed by atoms with Crippen LogP contribution in [0.25, 0.3) is 11.3 Å². The van der Waals surface area contributed by atoms with E-state index in [1.54, 1.807) is 18.2 Å². The largest absolute Gasteiger partial charge is 0.494 e. The second-order valence-corrected chi connectivity index (χ2v) is 3.25. The van der Waals surface area contributed by atoms with E-state index in [2.05, 4.69) is 4.98 Å². The molecule has 0 aliphatic rings. The van der Waals surface area contributed by atoms with Crippen molar-refractivity contribution in [3.8, 4) is 17.0 Å². The minimum Gasteiger partial charge on any atom is -0.494 e. The Morgan fingerprint density at radius 1 is 1.38 bits per heavy atom. The van der Waals surface area contributed by atoms with Crippen molar-refractivity contribution < 1.29 is 13.9 Å². The average molecular weight is 219 g/mol. The number of aldehydes is 1. The van der Waals surface area contributed by atoms with Crippen LogP contribution in [0.15, 0.2) is 30.5 Å². The zero-order chi connectivity index (χ0) is 11.5. The molecule has 0 saturated heterocycles. The van der Waals surface area contributed by atoms with Crippen molar-refractivity contribution in [2.24, 2.45) is 0 Å². The highest BCUT2D eigenvalue weighted by molar-refractivity contribution is 5.85. The van der Waals surface area contributed by atoms with Crippen molar-refractivity contribution in [1.82, 2.24) is 4.98 Å². The van der Waals surface area contributed by atoms with Crippen molar-refractivity contribution in [2.75, 3.05) is 7.11 Å². The number of H-pyrrole nitrogens is 1. The number of aromatic amines is 1. The summed E-state index contributed by atoms with van der Waals surface area (Å²) in [5.41, 5.74) is 1.23. The molecule has 0 radical (unpaired) electrons. The Morgan fingerprint density at radius 2 is 2.12 bits per heavy atom. The van der Waals surface area contributed by atoms with Gasteiger partial charge in [0, 0.05) is 11.8 Å².